The molecular weight excluding hydrogens is 135 g/mol. The molecule has 54 valence electrons. The van der Waals surface area contributed by atoms with Crippen molar-refractivity contribution < 1.29 is 9.46 Å². The Bertz CT molecular complexity index is 118. The van der Waals surface area contributed by atoms with Gasteiger partial charge in [0.25, 0.3) is 0 Å². The lowest BCUT2D eigenvalue weighted by molar-refractivity contribution is -0.170. The molecule has 0 rings (SSSR count). The van der Waals surface area contributed by atoms with Gasteiger partial charge in [0.05, 0.1) is 0 Å². The second kappa shape index (κ2) is 2.76. The van der Waals surface area contributed by atoms with Crippen LogP contribution >= 0.6 is 8.03 Å². The zero-order valence-electron chi connectivity index (χ0n) is 6.34. The van der Waals surface area contributed by atoms with Crippen LogP contribution in [0.25, 0.3) is 0 Å². The third-order valence-electron chi connectivity index (χ3n) is 1.88. The Morgan fingerprint density at radius 3 is 1.78 bits per heavy atom. The SMILES string of the molecule is CC(C)C(C)(C)[P+](=O)[O-]. The van der Waals surface area contributed by atoms with E-state index in [0.717, 1.165) is 0 Å². The van der Waals surface area contributed by atoms with E-state index >= 15 is 0 Å². The van der Waals surface area contributed by atoms with Crippen molar-refractivity contribution in [2.75, 3.05) is 0 Å². The van der Waals surface area contributed by atoms with Gasteiger partial charge in [0, 0.05) is 5.92 Å². The van der Waals surface area contributed by atoms with Gasteiger partial charge in [0.1, 0.15) is 0 Å². The Morgan fingerprint density at radius 2 is 1.78 bits per heavy atom. The van der Waals surface area contributed by atoms with Crippen molar-refractivity contribution >= 4 is 8.03 Å². The van der Waals surface area contributed by atoms with Crippen molar-refractivity contribution in [1.29, 1.82) is 0 Å². The Hall–Kier alpha value is 0.0600. The summed E-state index contributed by atoms with van der Waals surface area (Å²) in [6, 6.07) is 0. The molecule has 0 N–H and O–H groups in total. The van der Waals surface area contributed by atoms with Crippen LogP contribution in [-0.4, -0.2) is 5.16 Å². The fourth-order valence-corrected chi connectivity index (χ4v) is 0.632. The van der Waals surface area contributed by atoms with Crippen molar-refractivity contribution in [2.45, 2.75) is 32.9 Å². The Labute approximate surface area is 57.1 Å². The molecule has 0 aromatic carbocycles. The third kappa shape index (κ3) is 2.04. The van der Waals surface area contributed by atoms with E-state index in [1.54, 1.807) is 13.8 Å². The maximum absolute atomic E-state index is 10.5. The van der Waals surface area contributed by atoms with E-state index in [0.29, 0.717) is 0 Å². The molecule has 2 nitrogen and oxygen atoms in total. The molecule has 0 aliphatic carbocycles. The fraction of sp³-hybridized carbons (Fsp3) is 1.00. The van der Waals surface area contributed by atoms with Crippen molar-refractivity contribution in [1.82, 2.24) is 0 Å². The summed E-state index contributed by atoms with van der Waals surface area (Å²) in [5.41, 5.74) is 0. The second-order valence-electron chi connectivity index (χ2n) is 3.07. The van der Waals surface area contributed by atoms with Gasteiger partial charge in [-0.1, -0.05) is 18.4 Å². The summed E-state index contributed by atoms with van der Waals surface area (Å²) in [4.78, 5) is 10.5. The van der Waals surface area contributed by atoms with Gasteiger partial charge < -0.3 is 4.89 Å². The van der Waals surface area contributed by atoms with Crippen LogP contribution in [0.2, 0.25) is 0 Å². The molecule has 0 radical (unpaired) electrons. The molecule has 0 saturated carbocycles. The first-order chi connectivity index (χ1) is 3.89. The maximum atomic E-state index is 10.5. The highest BCUT2D eigenvalue weighted by Crippen LogP contribution is 2.37. The molecule has 0 spiro atoms. The first kappa shape index (κ1) is 9.06. The standard InChI is InChI=1S/C6H13O2P/c1-5(2)6(3,4)9(7)8/h5H,1-4H3. The van der Waals surface area contributed by atoms with Crippen LogP contribution in [0.15, 0.2) is 0 Å². The second-order valence-corrected chi connectivity index (χ2v) is 4.73. The molecule has 0 fully saturated rings. The van der Waals surface area contributed by atoms with Crippen molar-refractivity contribution in [3.8, 4) is 0 Å². The first-order valence-corrected chi connectivity index (χ1v) is 4.21. The smallest absolute Gasteiger partial charge is 0.314 e. The van der Waals surface area contributed by atoms with Crippen molar-refractivity contribution in [3.63, 3.8) is 0 Å². The molecule has 0 aliphatic heterocycles. The van der Waals surface area contributed by atoms with Crippen molar-refractivity contribution in [3.05, 3.63) is 0 Å². The van der Waals surface area contributed by atoms with Gasteiger partial charge in [-0.3, -0.25) is 0 Å². The van der Waals surface area contributed by atoms with Crippen LogP contribution in [0.1, 0.15) is 27.7 Å². The molecular formula is C6H13O2P. The highest BCUT2D eigenvalue weighted by atomic mass is 31.1. The van der Waals surface area contributed by atoms with E-state index in [1.165, 1.54) is 0 Å². The van der Waals surface area contributed by atoms with Gasteiger partial charge in [-0.2, -0.15) is 0 Å². The van der Waals surface area contributed by atoms with Crippen LogP contribution in [0.3, 0.4) is 0 Å². The molecule has 0 heterocycles. The molecule has 0 aromatic heterocycles. The van der Waals surface area contributed by atoms with Gasteiger partial charge in [0.2, 0.25) is 0 Å². The summed E-state index contributed by atoms with van der Waals surface area (Å²) in [5, 5.41) is -0.546. The zero-order valence-corrected chi connectivity index (χ0v) is 7.24. The predicted octanol–water partition coefficient (Wildman–Crippen LogP) is 1.52. The van der Waals surface area contributed by atoms with E-state index in [1.807, 2.05) is 13.8 Å². The minimum Gasteiger partial charge on any atom is -0.595 e. The topological polar surface area (TPSA) is 40.1 Å². The van der Waals surface area contributed by atoms with Crippen LogP contribution < -0.4 is 4.89 Å². The average molecular weight is 148 g/mol. The van der Waals surface area contributed by atoms with Gasteiger partial charge in [-0.05, 0) is 13.8 Å². The van der Waals surface area contributed by atoms with E-state index in [2.05, 4.69) is 0 Å². The highest BCUT2D eigenvalue weighted by molar-refractivity contribution is 7.38. The molecule has 3 heteroatoms. The van der Waals surface area contributed by atoms with Crippen LogP contribution in [-0.2, 0) is 4.57 Å². The fourth-order valence-electron chi connectivity index (χ4n) is 0.211. The van der Waals surface area contributed by atoms with Crippen LogP contribution in [0.4, 0.5) is 0 Å². The maximum Gasteiger partial charge on any atom is 0.314 e. The molecule has 0 aromatic rings. The summed E-state index contributed by atoms with van der Waals surface area (Å²) in [5.74, 6) is 0.193. The summed E-state index contributed by atoms with van der Waals surface area (Å²) in [6.45, 7) is 7.29. The van der Waals surface area contributed by atoms with Crippen LogP contribution in [0.5, 0.6) is 0 Å². The largest absolute Gasteiger partial charge is 0.595 e. The normalized spacial score (nSPS) is 14.2. The third-order valence-corrected chi connectivity index (χ3v) is 3.34. The highest BCUT2D eigenvalue weighted by Gasteiger charge is 2.35. The van der Waals surface area contributed by atoms with E-state index in [4.69, 9.17) is 0 Å². The monoisotopic (exact) mass is 148 g/mol. The molecule has 1 atom stereocenters. The summed E-state index contributed by atoms with van der Waals surface area (Å²) in [7, 11) is -2.28. The molecule has 0 bridgehead atoms. The summed E-state index contributed by atoms with van der Waals surface area (Å²) in [6.07, 6.45) is 0. The Balaban J connectivity index is 4.19. The lowest BCUT2D eigenvalue weighted by atomic mass is 10.00. The molecule has 0 saturated heterocycles. The van der Waals surface area contributed by atoms with E-state index in [9.17, 15) is 9.46 Å². The van der Waals surface area contributed by atoms with E-state index < -0.39 is 13.2 Å². The quantitative estimate of drug-likeness (QED) is 0.557. The molecule has 1 unspecified atom stereocenters. The Kier molecular flexibility index (Phi) is 2.78. The number of rotatable bonds is 2. The van der Waals surface area contributed by atoms with Gasteiger partial charge >= 0.3 is 8.03 Å². The average Bonchev–Trinajstić information content (AvgIpc) is 1.65. The van der Waals surface area contributed by atoms with Gasteiger partial charge in [-0.15, -0.1) is 0 Å². The van der Waals surface area contributed by atoms with Crippen molar-refractivity contribution in [2.24, 2.45) is 5.92 Å². The van der Waals surface area contributed by atoms with Gasteiger partial charge in [-0.25, -0.2) is 0 Å². The first-order valence-electron chi connectivity index (χ1n) is 3.03. The Morgan fingerprint density at radius 1 is 1.44 bits per heavy atom. The minimum atomic E-state index is -2.28. The molecule has 9 heavy (non-hydrogen) atoms. The molecule has 0 amide bonds. The predicted molar refractivity (Wildman–Crippen MR) is 36.5 cm³/mol. The number of hydrogen-bond donors (Lipinski definition) is 0. The summed E-state index contributed by atoms with van der Waals surface area (Å²) < 4.78 is 10.5. The minimum absolute atomic E-state index is 0.193. The van der Waals surface area contributed by atoms with Crippen LogP contribution in [0, 0.1) is 5.92 Å². The lowest BCUT2D eigenvalue weighted by Crippen LogP contribution is -2.25. The van der Waals surface area contributed by atoms with Gasteiger partial charge in [0.15, 0.2) is 5.16 Å². The lowest BCUT2D eigenvalue weighted by Gasteiger charge is -2.18. The number of hydrogen-bond acceptors (Lipinski definition) is 2. The summed E-state index contributed by atoms with van der Waals surface area (Å²) >= 11 is 0. The van der Waals surface area contributed by atoms with E-state index in [-0.39, 0.29) is 5.92 Å². The zero-order chi connectivity index (χ0) is 7.65. The molecule has 0 aliphatic rings.